The normalized spacial score (nSPS) is 7.44. The zero-order valence-electron chi connectivity index (χ0n) is 10.9. The molecule has 1 aliphatic carbocycles. The molecule has 0 spiro atoms. The number of hydrogen-bond donors (Lipinski definition) is 0. The van der Waals surface area contributed by atoms with Crippen molar-refractivity contribution in [3.05, 3.63) is 83.8 Å². The SMILES string of the molecule is C.C.C.C.C.C.C.C.C.C.C.C.C.[2HH].[B].[CH2-]c1ccccc1C1=[C-]c2ccccc2CC1.[Y]. The Kier molecular flexibility index (Phi) is 109. The Labute approximate surface area is 240 Å². The van der Waals surface area contributed by atoms with E-state index in [0.717, 1.165) is 18.4 Å². The van der Waals surface area contributed by atoms with E-state index in [9.17, 15) is 0 Å². The van der Waals surface area contributed by atoms with Crippen molar-refractivity contribution in [1.82, 2.24) is 0 Å². The molecule has 0 bridgehead atoms. The molecule has 2 aromatic rings. The van der Waals surface area contributed by atoms with E-state index in [-0.39, 0.29) is 139 Å². The Balaban J connectivity index is -0.0000000188. The predicted molar refractivity (Wildman–Crippen MR) is 167 cm³/mol. The number of aryl methyl sites for hydroxylation is 1. The Hall–Kier alpha value is -0.781. The van der Waals surface area contributed by atoms with E-state index in [2.05, 4.69) is 55.5 Å². The Morgan fingerprint density at radius 3 is 1.47 bits per heavy atom. The van der Waals surface area contributed by atoms with Gasteiger partial charge in [0.2, 0.25) is 0 Å². The average molecular weight is 530 g/mol. The first-order chi connectivity index (χ1) is 8.34. The summed E-state index contributed by atoms with van der Waals surface area (Å²) in [4.78, 5) is 0. The smallest absolute Gasteiger partial charge is 0 e. The number of allylic oxidation sites excluding steroid dienone is 1. The summed E-state index contributed by atoms with van der Waals surface area (Å²) in [5.74, 6) is 0. The molecule has 0 aromatic heterocycles. The summed E-state index contributed by atoms with van der Waals surface area (Å²) in [5, 5.41) is 0. The summed E-state index contributed by atoms with van der Waals surface area (Å²) >= 11 is 0. The van der Waals surface area contributed by atoms with Crippen molar-refractivity contribution in [3.8, 4) is 0 Å². The zero-order chi connectivity index (χ0) is 11.7. The second-order valence-electron chi connectivity index (χ2n) is 4.42. The van der Waals surface area contributed by atoms with Gasteiger partial charge in [0.15, 0.2) is 0 Å². The van der Waals surface area contributed by atoms with Crippen molar-refractivity contribution in [1.29, 1.82) is 0 Å². The fourth-order valence-corrected chi connectivity index (χ4v) is 2.36. The molecule has 0 amide bonds. The second kappa shape index (κ2) is 40.6. The van der Waals surface area contributed by atoms with E-state index in [1.807, 2.05) is 6.07 Å². The van der Waals surface area contributed by atoms with Gasteiger partial charge in [0.05, 0.1) is 0 Å². The molecule has 4 radical (unpaired) electrons. The minimum absolute atomic E-state index is 0. The molecule has 1 aliphatic rings. The molecule has 32 heavy (non-hydrogen) atoms. The first-order valence-corrected chi connectivity index (χ1v) is 5.97. The van der Waals surface area contributed by atoms with E-state index in [1.54, 1.807) is 0 Å². The first kappa shape index (κ1) is 85.9. The van der Waals surface area contributed by atoms with Gasteiger partial charge in [-0.1, -0.05) is 121 Å². The summed E-state index contributed by atoms with van der Waals surface area (Å²) in [7, 11) is 0. The van der Waals surface area contributed by atoms with Crippen LogP contribution >= 0.6 is 0 Å². The molecule has 0 unspecified atom stereocenters. The fraction of sp³-hybridized carbons (Fsp3) is 0.500. The quantitative estimate of drug-likeness (QED) is 0.255. The minimum atomic E-state index is 0. The van der Waals surface area contributed by atoms with Crippen molar-refractivity contribution in [2.45, 2.75) is 109 Å². The third-order valence-electron chi connectivity index (χ3n) is 3.29. The zero-order valence-corrected chi connectivity index (χ0v) is 13.7. The molecule has 0 saturated carbocycles. The van der Waals surface area contributed by atoms with Crippen LogP contribution in [0.2, 0.25) is 0 Å². The van der Waals surface area contributed by atoms with Crippen molar-refractivity contribution in [2.24, 2.45) is 0 Å². The molecule has 0 atom stereocenters. The van der Waals surface area contributed by atoms with Crippen LogP contribution in [0.15, 0.2) is 48.5 Å². The molecule has 196 valence electrons. The van der Waals surface area contributed by atoms with E-state index in [1.165, 1.54) is 22.3 Å². The molecule has 0 saturated heterocycles. The third-order valence-corrected chi connectivity index (χ3v) is 3.29. The van der Waals surface area contributed by atoms with Crippen molar-refractivity contribution >= 4 is 14.0 Å². The maximum Gasteiger partial charge on any atom is 0 e. The third kappa shape index (κ3) is 19.9. The molecular weight excluding hydrogens is 460 g/mol. The Morgan fingerprint density at radius 1 is 0.594 bits per heavy atom. The number of fused-ring (bicyclic) bond motifs is 1. The summed E-state index contributed by atoms with van der Waals surface area (Å²) in [6, 6.07) is 16.8. The standard InChI is InChI=1S/C17H14.13CH4.B.Y.H2/c1-13-6-2-5-9-17(13)16-11-10-14-7-3-4-8-15(14)12-16;;;;;;;;;;;;;;;;/h2-9H,1,10-11H2;13*1H4;;;1H/q-2;;;;;;;;;;;;;;;;/i;;;;;;;;;;;;;;;;1+1. The van der Waals surface area contributed by atoms with Gasteiger partial charge in [-0.2, -0.15) is 18.6 Å². The molecular formula is C30H68BY-2. The fourth-order valence-electron chi connectivity index (χ4n) is 2.36. The summed E-state index contributed by atoms with van der Waals surface area (Å²) < 4.78 is 0. The average Bonchev–Trinajstić information content (AvgIpc) is 2.39. The molecule has 0 N–H and O–H groups in total. The Morgan fingerprint density at radius 2 is 1.00 bits per heavy atom. The summed E-state index contributed by atoms with van der Waals surface area (Å²) in [6.07, 6.45) is 5.69. The van der Waals surface area contributed by atoms with Gasteiger partial charge in [0.1, 0.15) is 0 Å². The Bertz CT molecular complexity index is 595. The molecule has 0 fully saturated rings. The summed E-state index contributed by atoms with van der Waals surface area (Å²) in [5.41, 5.74) is 6.25. The largest absolute Gasteiger partial charge is 0.195 e. The van der Waals surface area contributed by atoms with Gasteiger partial charge in [0, 0.05) is 42.5 Å². The molecule has 2 heteroatoms. The molecule has 0 heterocycles. The topological polar surface area (TPSA) is 0 Å². The first-order valence-electron chi connectivity index (χ1n) is 5.97. The van der Waals surface area contributed by atoms with Gasteiger partial charge in [-0.25, -0.2) is 0 Å². The molecule has 0 aliphatic heterocycles. The second-order valence-corrected chi connectivity index (χ2v) is 4.42. The maximum absolute atomic E-state index is 4.09. The number of benzene rings is 2. The number of rotatable bonds is 1. The summed E-state index contributed by atoms with van der Waals surface area (Å²) in [6.45, 7) is 4.09. The number of hydrogen-bond acceptors (Lipinski definition) is 0. The van der Waals surface area contributed by atoms with Crippen LogP contribution in [0.5, 0.6) is 0 Å². The van der Waals surface area contributed by atoms with E-state index >= 15 is 0 Å². The van der Waals surface area contributed by atoms with E-state index in [0.29, 0.717) is 0 Å². The van der Waals surface area contributed by atoms with Crippen LogP contribution in [0.3, 0.4) is 0 Å². The van der Waals surface area contributed by atoms with Gasteiger partial charge in [0.25, 0.3) is 0 Å². The predicted octanol–water partition coefficient (Wildman–Crippen LogP) is 12.2. The van der Waals surface area contributed by atoms with Gasteiger partial charge in [-0.3, -0.25) is 0 Å². The molecule has 3 rings (SSSR count). The maximum atomic E-state index is 4.09. The molecule has 2 aromatic carbocycles. The van der Waals surface area contributed by atoms with Gasteiger partial charge >= 0.3 is 0 Å². The molecule has 0 nitrogen and oxygen atoms in total. The van der Waals surface area contributed by atoms with E-state index in [4.69, 9.17) is 0 Å². The van der Waals surface area contributed by atoms with Crippen LogP contribution in [0.25, 0.3) is 5.57 Å². The van der Waals surface area contributed by atoms with E-state index < -0.39 is 0 Å². The van der Waals surface area contributed by atoms with Crippen LogP contribution in [0.4, 0.5) is 0 Å². The van der Waals surface area contributed by atoms with Gasteiger partial charge in [-0.15, -0.1) is 52.6 Å². The monoisotopic (exact) mass is 529 g/mol. The van der Waals surface area contributed by atoms with Crippen LogP contribution in [0, 0.1) is 13.0 Å². The van der Waals surface area contributed by atoms with Gasteiger partial charge < -0.3 is 0 Å². The van der Waals surface area contributed by atoms with Crippen molar-refractivity contribution < 1.29 is 34.1 Å². The van der Waals surface area contributed by atoms with Gasteiger partial charge in [-0.05, 0) is 6.42 Å². The van der Waals surface area contributed by atoms with Crippen molar-refractivity contribution in [2.75, 3.05) is 0 Å². The van der Waals surface area contributed by atoms with Crippen LogP contribution in [-0.4, -0.2) is 8.41 Å². The van der Waals surface area contributed by atoms with Crippen molar-refractivity contribution in [3.63, 3.8) is 0 Å². The minimum Gasteiger partial charge on any atom is -0.195 e. The van der Waals surface area contributed by atoms with Crippen LogP contribution < -0.4 is 0 Å². The van der Waals surface area contributed by atoms with Crippen LogP contribution in [-0.2, 0) is 39.1 Å². The van der Waals surface area contributed by atoms with Crippen LogP contribution in [0.1, 0.15) is 127 Å².